The minimum absolute atomic E-state index is 0.0315. The van der Waals surface area contributed by atoms with Crippen molar-refractivity contribution in [3.05, 3.63) is 17.1 Å². The van der Waals surface area contributed by atoms with E-state index in [9.17, 15) is 36.4 Å². The second kappa shape index (κ2) is 7.29. The van der Waals surface area contributed by atoms with Crippen molar-refractivity contribution >= 4 is 0 Å². The summed E-state index contributed by atoms with van der Waals surface area (Å²) in [5, 5.41) is 12.5. The van der Waals surface area contributed by atoms with Crippen LogP contribution in [-0.2, 0) is 0 Å². The summed E-state index contributed by atoms with van der Waals surface area (Å²) in [6.45, 7) is 5.68. The van der Waals surface area contributed by atoms with Crippen LogP contribution in [0.5, 0.6) is 0 Å². The zero-order valence-corrected chi connectivity index (χ0v) is 16.2. The summed E-state index contributed by atoms with van der Waals surface area (Å²) in [4.78, 5) is 11.2. The zero-order chi connectivity index (χ0) is 21.6. The van der Waals surface area contributed by atoms with E-state index in [1.54, 1.807) is 0 Å². The first kappa shape index (κ1) is 23.2. The Morgan fingerprint density at radius 1 is 1.07 bits per heavy atom. The van der Waals surface area contributed by atoms with E-state index in [0.717, 1.165) is 38.2 Å². The molecule has 4 atom stereocenters. The van der Waals surface area contributed by atoms with Crippen LogP contribution < -0.4 is 0 Å². The summed E-state index contributed by atoms with van der Waals surface area (Å²) in [6.07, 6.45) is -7.23. The Balaban J connectivity index is 2.22. The molecule has 9 heteroatoms. The third kappa shape index (κ3) is 3.83. The van der Waals surface area contributed by atoms with Gasteiger partial charge in [0.2, 0.25) is 0 Å². The second-order valence-corrected chi connectivity index (χ2v) is 9.16. The number of alkyl halides is 6. The summed E-state index contributed by atoms with van der Waals surface area (Å²) < 4.78 is 76.9. The van der Waals surface area contributed by atoms with Crippen molar-refractivity contribution in [2.75, 3.05) is 0 Å². The summed E-state index contributed by atoms with van der Waals surface area (Å²) in [6, 6.07) is -0.282. The molecule has 0 amide bonds. The second-order valence-electron chi connectivity index (χ2n) is 9.16. The quantitative estimate of drug-likeness (QED) is 0.332. The van der Waals surface area contributed by atoms with E-state index in [1.807, 2.05) is 13.8 Å². The molecule has 162 valence electrons. The van der Waals surface area contributed by atoms with Gasteiger partial charge in [-0.2, -0.15) is 31.2 Å². The van der Waals surface area contributed by atoms with Gasteiger partial charge in [0.25, 0.3) is 5.60 Å². The standard InChI is InChI=1S/C19H27F6NO2/c1-15(2,9-5-11-17(27,18(20,21)22)19(23,24)25)14-8-7-12-13(26-28)6-4-10-16(12,14)3/h5,11-14,27H,4,6-10H2,1-3H3/b11-5+. The molecule has 0 saturated heterocycles. The molecule has 2 aliphatic carbocycles. The van der Waals surface area contributed by atoms with Gasteiger partial charge in [-0.3, -0.25) is 0 Å². The van der Waals surface area contributed by atoms with E-state index in [4.69, 9.17) is 0 Å². The Hall–Kier alpha value is -1.12. The van der Waals surface area contributed by atoms with Crippen LogP contribution in [0, 0.1) is 27.6 Å². The number of nitroso groups, excluding NO2 is 1. The molecule has 0 spiro atoms. The van der Waals surface area contributed by atoms with Crippen LogP contribution in [0.3, 0.4) is 0 Å². The van der Waals surface area contributed by atoms with Gasteiger partial charge in [0.1, 0.15) is 0 Å². The fourth-order valence-corrected chi connectivity index (χ4v) is 5.58. The van der Waals surface area contributed by atoms with Crippen LogP contribution in [0.4, 0.5) is 26.3 Å². The number of nitrogens with zero attached hydrogens (tertiary/aromatic N) is 1. The molecule has 28 heavy (non-hydrogen) atoms. The highest BCUT2D eigenvalue weighted by molar-refractivity contribution is 5.13. The van der Waals surface area contributed by atoms with Gasteiger partial charge >= 0.3 is 12.4 Å². The number of halogens is 6. The summed E-state index contributed by atoms with van der Waals surface area (Å²) >= 11 is 0. The first-order valence-corrected chi connectivity index (χ1v) is 9.46. The van der Waals surface area contributed by atoms with Gasteiger partial charge in [-0.1, -0.05) is 38.4 Å². The lowest BCUT2D eigenvalue weighted by Gasteiger charge is -2.48. The Morgan fingerprint density at radius 2 is 1.64 bits per heavy atom. The molecule has 0 aromatic heterocycles. The molecule has 0 radical (unpaired) electrons. The highest BCUT2D eigenvalue weighted by atomic mass is 19.4. The fourth-order valence-electron chi connectivity index (χ4n) is 5.58. The molecule has 2 rings (SSSR count). The van der Waals surface area contributed by atoms with Crippen molar-refractivity contribution in [2.45, 2.75) is 83.3 Å². The van der Waals surface area contributed by atoms with Crippen LogP contribution >= 0.6 is 0 Å². The maximum absolute atomic E-state index is 12.8. The van der Waals surface area contributed by atoms with Crippen molar-refractivity contribution in [3.8, 4) is 0 Å². The number of allylic oxidation sites excluding steroid dienone is 1. The highest BCUT2D eigenvalue weighted by Crippen LogP contribution is 2.61. The summed E-state index contributed by atoms with van der Waals surface area (Å²) in [5.74, 6) is 0.123. The SMILES string of the molecule is CC(C)(C/C=C/C(O)(C(F)(F)F)C(F)(F)F)C1CCC2C(N=O)CCCC21C. The zero-order valence-electron chi connectivity index (χ0n) is 16.2. The van der Waals surface area contributed by atoms with E-state index >= 15 is 0 Å². The average Bonchev–Trinajstić information content (AvgIpc) is 2.90. The number of hydrogen-bond donors (Lipinski definition) is 1. The van der Waals surface area contributed by atoms with Gasteiger partial charge in [0.05, 0.1) is 6.04 Å². The van der Waals surface area contributed by atoms with Gasteiger partial charge in [-0.25, -0.2) is 0 Å². The van der Waals surface area contributed by atoms with Crippen LogP contribution in [0.25, 0.3) is 0 Å². The van der Waals surface area contributed by atoms with Crippen LogP contribution in [-0.4, -0.2) is 29.1 Å². The molecule has 2 saturated carbocycles. The lowest BCUT2D eigenvalue weighted by atomic mass is 9.57. The van der Waals surface area contributed by atoms with Crippen molar-refractivity contribution in [1.29, 1.82) is 0 Å². The van der Waals surface area contributed by atoms with Crippen LogP contribution in [0.15, 0.2) is 17.3 Å². The van der Waals surface area contributed by atoms with Gasteiger partial charge in [-0.05, 0) is 60.8 Å². The molecule has 3 nitrogen and oxygen atoms in total. The largest absolute Gasteiger partial charge is 0.429 e. The molecule has 1 N–H and O–H groups in total. The Bertz CT molecular complexity index is 599. The number of rotatable bonds is 5. The average molecular weight is 415 g/mol. The summed E-state index contributed by atoms with van der Waals surface area (Å²) in [5.41, 5.74) is -5.68. The minimum Gasteiger partial charge on any atom is -0.370 e. The van der Waals surface area contributed by atoms with E-state index in [-0.39, 0.29) is 35.8 Å². The van der Waals surface area contributed by atoms with Crippen LogP contribution in [0.2, 0.25) is 0 Å². The first-order chi connectivity index (χ1) is 12.6. The van der Waals surface area contributed by atoms with Gasteiger partial charge < -0.3 is 5.11 Å². The molecule has 4 unspecified atom stereocenters. The molecule has 2 aliphatic rings. The van der Waals surface area contributed by atoms with Crippen molar-refractivity contribution < 1.29 is 31.4 Å². The maximum atomic E-state index is 12.8. The molecule has 2 fully saturated rings. The van der Waals surface area contributed by atoms with E-state index in [0.29, 0.717) is 0 Å². The van der Waals surface area contributed by atoms with Crippen molar-refractivity contribution in [1.82, 2.24) is 0 Å². The normalized spacial score (nSPS) is 32.6. The number of aliphatic hydroxyl groups is 1. The Labute approximate surface area is 160 Å². The minimum atomic E-state index is -5.86. The van der Waals surface area contributed by atoms with Crippen molar-refractivity contribution in [2.24, 2.45) is 27.8 Å². The predicted octanol–water partition coefficient (Wildman–Crippen LogP) is 6.17. The first-order valence-electron chi connectivity index (χ1n) is 9.46. The maximum Gasteiger partial charge on any atom is 0.429 e. The highest BCUT2D eigenvalue weighted by Gasteiger charge is 2.69. The Kier molecular flexibility index (Phi) is 6.03. The van der Waals surface area contributed by atoms with Gasteiger partial charge in [-0.15, -0.1) is 0 Å². The summed E-state index contributed by atoms with van der Waals surface area (Å²) in [7, 11) is 0. The monoisotopic (exact) mass is 415 g/mol. The Morgan fingerprint density at radius 3 is 2.14 bits per heavy atom. The third-order valence-corrected chi connectivity index (χ3v) is 7.04. The molecule has 0 aromatic carbocycles. The topological polar surface area (TPSA) is 49.7 Å². The molecule has 0 aliphatic heterocycles. The molecular weight excluding hydrogens is 388 g/mol. The third-order valence-electron chi connectivity index (χ3n) is 7.04. The van der Waals surface area contributed by atoms with E-state index < -0.39 is 23.4 Å². The number of hydrogen-bond acceptors (Lipinski definition) is 3. The molecular formula is C19H27F6NO2. The van der Waals surface area contributed by atoms with E-state index in [2.05, 4.69) is 12.1 Å². The lowest BCUT2D eigenvalue weighted by Crippen LogP contribution is -2.55. The smallest absolute Gasteiger partial charge is 0.370 e. The van der Waals surface area contributed by atoms with Gasteiger partial charge in [0, 0.05) is 0 Å². The fraction of sp³-hybridized carbons (Fsp3) is 0.895. The van der Waals surface area contributed by atoms with Gasteiger partial charge in [0.15, 0.2) is 0 Å². The van der Waals surface area contributed by atoms with Crippen LogP contribution in [0.1, 0.15) is 59.3 Å². The van der Waals surface area contributed by atoms with E-state index in [1.165, 1.54) is 0 Å². The molecule has 0 heterocycles. The van der Waals surface area contributed by atoms with Crippen molar-refractivity contribution in [3.63, 3.8) is 0 Å². The number of fused-ring (bicyclic) bond motifs is 1. The predicted molar refractivity (Wildman–Crippen MR) is 92.4 cm³/mol. The molecule has 0 bridgehead atoms. The lowest BCUT2D eigenvalue weighted by molar-refractivity contribution is -0.347. The molecule has 0 aromatic rings.